The summed E-state index contributed by atoms with van der Waals surface area (Å²) in [4.78, 5) is 32.4. The summed E-state index contributed by atoms with van der Waals surface area (Å²) in [5.41, 5.74) is -0.0240. The zero-order valence-electron chi connectivity index (χ0n) is 21.9. The number of hydrogen-bond donors (Lipinski definition) is 1. The Hall–Kier alpha value is -2.91. The van der Waals surface area contributed by atoms with Crippen molar-refractivity contribution in [2.75, 3.05) is 18.8 Å². The van der Waals surface area contributed by atoms with Gasteiger partial charge in [-0.05, 0) is 64.4 Å². The van der Waals surface area contributed by atoms with Crippen molar-refractivity contribution >= 4 is 28.9 Å². The van der Waals surface area contributed by atoms with Crippen LogP contribution in [-0.4, -0.2) is 52.6 Å². The van der Waals surface area contributed by atoms with E-state index in [0.29, 0.717) is 35.2 Å². The Kier molecular flexibility index (Phi) is 7.94. The summed E-state index contributed by atoms with van der Waals surface area (Å²) >= 11 is 1.40. The highest BCUT2D eigenvalue weighted by molar-refractivity contribution is 8.13. The third-order valence-corrected chi connectivity index (χ3v) is 7.29. The minimum atomic E-state index is -1.07. The molecule has 2 aromatic rings. The van der Waals surface area contributed by atoms with E-state index < -0.39 is 23.1 Å². The van der Waals surface area contributed by atoms with Gasteiger partial charge in [-0.3, -0.25) is 4.79 Å². The number of benzene rings is 2. The van der Waals surface area contributed by atoms with Crippen molar-refractivity contribution in [1.82, 2.24) is 10.2 Å². The smallest absolute Gasteiger partial charge is 0.410 e. The van der Waals surface area contributed by atoms with Crippen LogP contribution in [0.15, 0.2) is 53.5 Å². The molecular weight excluding hydrogens is 493 g/mol. The minimum Gasteiger partial charge on any atom is -0.444 e. The van der Waals surface area contributed by atoms with Gasteiger partial charge in [-0.1, -0.05) is 36.0 Å². The first-order valence-electron chi connectivity index (χ1n) is 12.4. The van der Waals surface area contributed by atoms with Gasteiger partial charge in [0.15, 0.2) is 5.17 Å². The van der Waals surface area contributed by atoms with E-state index >= 15 is 4.39 Å². The maximum Gasteiger partial charge on any atom is 0.410 e. The number of carbonyl (C=O) groups is 2. The molecule has 0 spiro atoms. The molecule has 7 nitrogen and oxygen atoms in total. The first kappa shape index (κ1) is 27.1. The van der Waals surface area contributed by atoms with Crippen molar-refractivity contribution in [3.63, 3.8) is 0 Å². The van der Waals surface area contributed by atoms with Crippen LogP contribution in [-0.2, 0) is 21.6 Å². The van der Waals surface area contributed by atoms with Crippen molar-refractivity contribution in [3.8, 4) is 0 Å². The predicted octanol–water partition coefficient (Wildman–Crippen LogP) is 5.35. The average Bonchev–Trinajstić information content (AvgIpc) is 3.23. The zero-order chi connectivity index (χ0) is 26.8. The standard InChI is InChI=1S/C28H34FN3O4S/c1-18(2)35-15-19-11-12-23(29)22(13-19)28-17-32(26(34)36-27(3,4)5)14-21(28)16-37-25(31-28)30-24(33)20-9-7-6-8-10-20/h6-13,18,21H,14-17H2,1-5H3,(H,30,31,33)/t21-,28-/m0/s1. The number of nitrogens with zero attached hydrogens (tertiary/aromatic N) is 2. The molecule has 2 aromatic carbocycles. The summed E-state index contributed by atoms with van der Waals surface area (Å²) < 4.78 is 26.9. The molecule has 1 N–H and O–H groups in total. The largest absolute Gasteiger partial charge is 0.444 e. The molecule has 0 radical (unpaired) electrons. The monoisotopic (exact) mass is 527 g/mol. The number of aliphatic imine (C=N–C) groups is 1. The van der Waals surface area contributed by atoms with Crippen molar-refractivity contribution < 1.29 is 23.5 Å². The molecule has 1 saturated heterocycles. The lowest BCUT2D eigenvalue weighted by Crippen LogP contribution is -2.43. The molecule has 37 heavy (non-hydrogen) atoms. The van der Waals surface area contributed by atoms with E-state index in [2.05, 4.69) is 5.32 Å². The summed E-state index contributed by atoms with van der Waals surface area (Å²) in [6, 6.07) is 13.8. The van der Waals surface area contributed by atoms with Crippen LogP contribution in [0.4, 0.5) is 9.18 Å². The maximum absolute atomic E-state index is 15.5. The molecule has 9 heteroatoms. The molecule has 0 aliphatic carbocycles. The van der Waals surface area contributed by atoms with Crippen LogP contribution in [0.25, 0.3) is 0 Å². The highest BCUT2D eigenvalue weighted by Crippen LogP contribution is 2.47. The Labute approximate surface area is 221 Å². The molecule has 0 aromatic heterocycles. The fourth-order valence-corrected chi connectivity index (χ4v) is 5.65. The number of hydrogen-bond acceptors (Lipinski definition) is 6. The lowest BCUT2D eigenvalue weighted by Gasteiger charge is -2.36. The molecule has 2 amide bonds. The first-order valence-corrected chi connectivity index (χ1v) is 13.4. The molecule has 2 heterocycles. The second-order valence-electron chi connectivity index (χ2n) is 10.7. The van der Waals surface area contributed by atoms with Crippen molar-refractivity contribution in [3.05, 3.63) is 71.0 Å². The average molecular weight is 528 g/mol. The van der Waals surface area contributed by atoms with E-state index in [9.17, 15) is 9.59 Å². The molecule has 2 aliphatic heterocycles. The lowest BCUT2D eigenvalue weighted by molar-refractivity contribution is 0.0281. The summed E-state index contributed by atoms with van der Waals surface area (Å²) in [6.45, 7) is 10.2. The third-order valence-electron chi connectivity index (χ3n) is 6.26. The van der Waals surface area contributed by atoms with E-state index in [1.165, 1.54) is 17.8 Å². The molecule has 2 aliphatic rings. The summed E-state index contributed by atoms with van der Waals surface area (Å²) in [5, 5.41) is 3.29. The SMILES string of the molecule is CC(C)OCc1ccc(F)c([C@]23CN(C(=O)OC(C)(C)C)C[C@H]2CSC(NC(=O)c2ccccc2)=N3)c1. The van der Waals surface area contributed by atoms with Crippen molar-refractivity contribution in [2.24, 2.45) is 10.9 Å². The summed E-state index contributed by atoms with van der Waals surface area (Å²) in [6.07, 6.45) is -0.437. The fraction of sp³-hybridized carbons (Fsp3) is 0.464. The van der Waals surface area contributed by atoms with Crippen LogP contribution in [0.2, 0.25) is 0 Å². The normalized spacial score (nSPS) is 21.4. The highest BCUT2D eigenvalue weighted by Gasteiger charge is 2.53. The Morgan fingerprint density at radius 2 is 1.95 bits per heavy atom. The number of amidine groups is 1. The van der Waals surface area contributed by atoms with Gasteiger partial charge >= 0.3 is 6.09 Å². The van der Waals surface area contributed by atoms with E-state index in [0.717, 1.165) is 5.56 Å². The molecule has 2 atom stereocenters. The van der Waals surface area contributed by atoms with Gasteiger partial charge in [-0.2, -0.15) is 0 Å². The van der Waals surface area contributed by atoms with E-state index in [-0.39, 0.29) is 24.5 Å². The summed E-state index contributed by atoms with van der Waals surface area (Å²) in [7, 11) is 0. The van der Waals surface area contributed by atoms with E-state index in [4.69, 9.17) is 14.5 Å². The topological polar surface area (TPSA) is 80.2 Å². The van der Waals surface area contributed by atoms with Crippen molar-refractivity contribution in [2.45, 2.75) is 58.5 Å². The predicted molar refractivity (Wildman–Crippen MR) is 143 cm³/mol. The molecule has 0 unspecified atom stereocenters. The van der Waals surface area contributed by atoms with Crippen LogP contribution in [0, 0.1) is 11.7 Å². The molecule has 4 rings (SSSR count). The van der Waals surface area contributed by atoms with Gasteiger partial charge in [-0.25, -0.2) is 14.2 Å². The van der Waals surface area contributed by atoms with Crippen LogP contribution < -0.4 is 5.32 Å². The van der Waals surface area contributed by atoms with Gasteiger partial charge in [0.25, 0.3) is 5.91 Å². The number of rotatable bonds is 5. The van der Waals surface area contributed by atoms with E-state index in [1.54, 1.807) is 41.3 Å². The number of amides is 2. The highest BCUT2D eigenvalue weighted by atomic mass is 32.2. The second-order valence-corrected chi connectivity index (χ2v) is 11.7. The number of fused-ring (bicyclic) bond motifs is 1. The number of nitrogens with one attached hydrogen (secondary N) is 1. The van der Waals surface area contributed by atoms with Gasteiger partial charge in [0, 0.05) is 29.3 Å². The Morgan fingerprint density at radius 3 is 2.62 bits per heavy atom. The van der Waals surface area contributed by atoms with Crippen molar-refractivity contribution in [1.29, 1.82) is 0 Å². The minimum absolute atomic E-state index is 0.0254. The number of ether oxygens (including phenoxy) is 2. The van der Waals surface area contributed by atoms with Crippen LogP contribution >= 0.6 is 11.8 Å². The molecule has 0 saturated carbocycles. The second kappa shape index (κ2) is 10.8. The van der Waals surface area contributed by atoms with Gasteiger partial charge in [-0.15, -0.1) is 0 Å². The van der Waals surface area contributed by atoms with Gasteiger partial charge in [0.1, 0.15) is 17.0 Å². The van der Waals surface area contributed by atoms with Gasteiger partial charge in [0.2, 0.25) is 0 Å². The number of halogens is 1. The Balaban J connectivity index is 1.72. The maximum atomic E-state index is 15.5. The quantitative estimate of drug-likeness (QED) is 0.567. The number of thioether (sulfide) groups is 1. The third kappa shape index (κ3) is 6.33. The van der Waals surface area contributed by atoms with Crippen LogP contribution in [0.3, 0.4) is 0 Å². The van der Waals surface area contributed by atoms with Crippen LogP contribution in [0.1, 0.15) is 56.1 Å². The van der Waals surface area contributed by atoms with E-state index in [1.807, 2.05) is 40.7 Å². The molecular formula is C28H34FN3O4S. The first-order chi connectivity index (χ1) is 17.5. The molecule has 1 fully saturated rings. The van der Waals surface area contributed by atoms with Gasteiger partial charge < -0.3 is 19.7 Å². The lowest BCUT2D eigenvalue weighted by atomic mass is 9.81. The number of likely N-dealkylation sites (tertiary alicyclic amines) is 1. The number of carbonyl (C=O) groups excluding carboxylic acids is 2. The summed E-state index contributed by atoms with van der Waals surface area (Å²) in [5.74, 6) is -0.312. The Bertz CT molecular complexity index is 1180. The molecule has 198 valence electrons. The Morgan fingerprint density at radius 1 is 1.22 bits per heavy atom. The van der Waals surface area contributed by atoms with Gasteiger partial charge in [0.05, 0.1) is 19.3 Å². The van der Waals surface area contributed by atoms with Crippen LogP contribution in [0.5, 0.6) is 0 Å². The molecule has 0 bridgehead atoms. The fourth-order valence-electron chi connectivity index (χ4n) is 4.52. The zero-order valence-corrected chi connectivity index (χ0v) is 22.7.